The molecule has 1 N–H and O–H groups in total. The van der Waals surface area contributed by atoms with Crippen LogP contribution in [0.4, 0.5) is 0 Å². The molecule has 0 spiro atoms. The van der Waals surface area contributed by atoms with E-state index in [0.29, 0.717) is 22.2 Å². The zero-order valence-corrected chi connectivity index (χ0v) is 19.0. The smallest absolute Gasteiger partial charge is 0.252 e. The van der Waals surface area contributed by atoms with Gasteiger partial charge < -0.3 is 5.32 Å². The summed E-state index contributed by atoms with van der Waals surface area (Å²) >= 11 is 8.44. The molecule has 0 saturated carbocycles. The van der Waals surface area contributed by atoms with E-state index in [9.17, 15) is 13.2 Å². The van der Waals surface area contributed by atoms with Gasteiger partial charge in [-0.15, -0.1) is 21.5 Å². The van der Waals surface area contributed by atoms with Gasteiger partial charge in [-0.1, -0.05) is 17.7 Å². The number of thiophene rings is 1. The molecule has 3 aromatic heterocycles. The maximum atomic E-state index is 12.6. The Balaban J connectivity index is 1.75. The van der Waals surface area contributed by atoms with Gasteiger partial charge in [-0.3, -0.25) is 9.20 Å². The molecule has 12 heteroatoms. The Morgan fingerprint density at radius 1 is 1.34 bits per heavy atom. The third kappa shape index (κ3) is 5.10. The number of likely N-dealkylation sites (N-methyl/N-ethyl adjacent to an activating group) is 1. The summed E-state index contributed by atoms with van der Waals surface area (Å²) < 4.78 is 28.5. The molecule has 3 rings (SSSR count). The van der Waals surface area contributed by atoms with E-state index in [1.807, 2.05) is 35.1 Å². The number of fused-ring (bicyclic) bond motifs is 1. The Morgan fingerprint density at radius 3 is 2.83 bits per heavy atom. The molecule has 0 aliphatic heterocycles. The molecule has 1 atom stereocenters. The molecule has 8 nitrogen and oxygen atoms in total. The second-order valence-electron chi connectivity index (χ2n) is 6.21. The number of aromatic nitrogens is 3. The molecule has 0 fully saturated rings. The molecule has 3 aromatic rings. The monoisotopic (exact) mass is 473 g/mol. The van der Waals surface area contributed by atoms with E-state index in [-0.39, 0.29) is 16.8 Å². The van der Waals surface area contributed by atoms with Crippen LogP contribution in [0.25, 0.3) is 5.65 Å². The van der Waals surface area contributed by atoms with Crippen molar-refractivity contribution in [3.63, 3.8) is 0 Å². The Kier molecular flexibility index (Phi) is 7.17. The highest BCUT2D eigenvalue weighted by molar-refractivity contribution is 7.98. The number of carbonyl (C=O) groups is 1. The fourth-order valence-corrected chi connectivity index (χ4v) is 6.01. The molecule has 29 heavy (non-hydrogen) atoms. The molecule has 1 amide bonds. The molecule has 3 heterocycles. The lowest BCUT2D eigenvalue weighted by molar-refractivity contribution is -0.122. The topological polar surface area (TPSA) is 96.7 Å². The summed E-state index contributed by atoms with van der Waals surface area (Å²) in [6.45, 7) is -0.315. The van der Waals surface area contributed by atoms with E-state index in [4.69, 9.17) is 11.6 Å². The average molecular weight is 474 g/mol. The van der Waals surface area contributed by atoms with Crippen molar-refractivity contribution in [3.8, 4) is 0 Å². The van der Waals surface area contributed by atoms with Gasteiger partial charge in [0.15, 0.2) is 11.5 Å². The van der Waals surface area contributed by atoms with Gasteiger partial charge in [-0.2, -0.15) is 16.1 Å². The van der Waals surface area contributed by atoms with Crippen molar-refractivity contribution in [1.29, 1.82) is 0 Å². The van der Waals surface area contributed by atoms with Gasteiger partial charge in [0.1, 0.15) is 4.21 Å². The fourth-order valence-electron chi connectivity index (χ4n) is 2.72. The molecule has 0 radical (unpaired) electrons. The highest BCUT2D eigenvalue weighted by atomic mass is 35.5. The summed E-state index contributed by atoms with van der Waals surface area (Å²) in [5.41, 5.74) is 0.681. The minimum absolute atomic E-state index is 0.0974. The van der Waals surface area contributed by atoms with Crippen molar-refractivity contribution in [2.75, 3.05) is 25.6 Å². The van der Waals surface area contributed by atoms with Crippen LogP contribution in [0.1, 0.15) is 18.3 Å². The summed E-state index contributed by atoms with van der Waals surface area (Å²) in [5.74, 6) is 0.991. The number of rotatable bonds is 9. The summed E-state index contributed by atoms with van der Waals surface area (Å²) in [5, 5.41) is 11.3. The maximum absolute atomic E-state index is 12.6. The van der Waals surface area contributed by atoms with Crippen molar-refractivity contribution in [2.45, 2.75) is 16.7 Å². The number of nitrogens with zero attached hydrogens (tertiary/aromatic N) is 4. The van der Waals surface area contributed by atoms with E-state index in [1.54, 1.807) is 11.8 Å². The zero-order valence-electron chi connectivity index (χ0n) is 15.8. The standard InChI is InChI=1S/C17H20ClN5O3S3/c1-22(29(25,26)16-7-6-13(18)28-16)11-15(24)19-12(8-10-27-2)17-21-20-14-5-3-4-9-23(14)17/h3-7,9,12H,8,10-11H2,1-2H3,(H,19,24). The molecule has 1 unspecified atom stereocenters. The Morgan fingerprint density at radius 2 is 2.14 bits per heavy atom. The van der Waals surface area contributed by atoms with Crippen molar-refractivity contribution in [3.05, 3.63) is 46.7 Å². The lowest BCUT2D eigenvalue weighted by Crippen LogP contribution is -2.40. The number of carbonyl (C=O) groups excluding carboxylic acids is 1. The van der Waals surface area contributed by atoms with Crippen LogP contribution in [0.3, 0.4) is 0 Å². The maximum Gasteiger partial charge on any atom is 0.252 e. The molecule has 0 saturated heterocycles. The number of amides is 1. The van der Waals surface area contributed by atoms with Crippen LogP contribution in [0.5, 0.6) is 0 Å². The van der Waals surface area contributed by atoms with Crippen molar-refractivity contribution >= 4 is 56.3 Å². The van der Waals surface area contributed by atoms with E-state index in [0.717, 1.165) is 21.4 Å². The molecule has 0 aromatic carbocycles. The van der Waals surface area contributed by atoms with Gasteiger partial charge in [-0.05, 0) is 42.7 Å². The minimum Gasteiger partial charge on any atom is -0.345 e. The second kappa shape index (κ2) is 9.43. The third-order valence-electron chi connectivity index (χ3n) is 4.18. The Hall–Kier alpha value is -1.66. The predicted molar refractivity (Wildman–Crippen MR) is 116 cm³/mol. The van der Waals surface area contributed by atoms with Crippen LogP contribution in [0, 0.1) is 0 Å². The first-order valence-electron chi connectivity index (χ1n) is 8.62. The van der Waals surface area contributed by atoms with E-state index in [2.05, 4.69) is 15.5 Å². The molecule has 0 aliphatic carbocycles. The molecule has 156 valence electrons. The molecule has 0 aliphatic rings. The van der Waals surface area contributed by atoms with Gasteiger partial charge in [-0.25, -0.2) is 8.42 Å². The summed E-state index contributed by atoms with van der Waals surface area (Å²) in [6.07, 6.45) is 4.45. The summed E-state index contributed by atoms with van der Waals surface area (Å²) in [6, 6.07) is 8.11. The predicted octanol–water partition coefficient (Wildman–Crippen LogP) is 2.68. The first-order valence-corrected chi connectivity index (χ1v) is 12.7. The van der Waals surface area contributed by atoms with Crippen LogP contribution in [-0.2, 0) is 14.8 Å². The highest BCUT2D eigenvalue weighted by Gasteiger charge is 2.26. The number of nitrogens with one attached hydrogen (secondary N) is 1. The van der Waals surface area contributed by atoms with Gasteiger partial charge >= 0.3 is 0 Å². The van der Waals surface area contributed by atoms with E-state index < -0.39 is 15.9 Å². The van der Waals surface area contributed by atoms with Crippen molar-refractivity contribution < 1.29 is 13.2 Å². The van der Waals surface area contributed by atoms with Crippen LogP contribution in [-0.4, -0.2) is 58.8 Å². The van der Waals surface area contributed by atoms with Crippen LogP contribution >= 0.6 is 34.7 Å². The number of halogens is 1. The SMILES string of the molecule is CSCCC(NC(=O)CN(C)S(=O)(=O)c1ccc(Cl)s1)c1nnc2ccccn12. The summed E-state index contributed by atoms with van der Waals surface area (Å²) in [7, 11) is -2.42. The van der Waals surface area contributed by atoms with Gasteiger partial charge in [0.2, 0.25) is 5.91 Å². The Bertz CT molecular complexity index is 1100. The molecular formula is C17H20ClN5O3S3. The summed E-state index contributed by atoms with van der Waals surface area (Å²) in [4.78, 5) is 12.6. The zero-order chi connectivity index (χ0) is 21.0. The largest absolute Gasteiger partial charge is 0.345 e. The van der Waals surface area contributed by atoms with Gasteiger partial charge in [0, 0.05) is 13.2 Å². The van der Waals surface area contributed by atoms with E-state index in [1.165, 1.54) is 19.2 Å². The first kappa shape index (κ1) is 22.0. The fraction of sp³-hybridized carbons (Fsp3) is 0.353. The lowest BCUT2D eigenvalue weighted by atomic mass is 10.2. The van der Waals surface area contributed by atoms with Crippen LogP contribution in [0.15, 0.2) is 40.7 Å². The van der Waals surface area contributed by atoms with E-state index >= 15 is 0 Å². The Labute approximate surface area is 182 Å². The average Bonchev–Trinajstić information content (AvgIpc) is 3.31. The normalized spacial score (nSPS) is 13.1. The van der Waals surface area contributed by atoms with Crippen molar-refractivity contribution in [1.82, 2.24) is 24.2 Å². The van der Waals surface area contributed by atoms with Crippen LogP contribution in [0.2, 0.25) is 4.34 Å². The van der Waals surface area contributed by atoms with Crippen molar-refractivity contribution in [2.24, 2.45) is 0 Å². The first-order chi connectivity index (χ1) is 13.8. The number of hydrogen-bond donors (Lipinski definition) is 1. The highest BCUT2D eigenvalue weighted by Crippen LogP contribution is 2.27. The van der Waals surface area contributed by atoms with Crippen LogP contribution < -0.4 is 5.32 Å². The number of hydrogen-bond acceptors (Lipinski definition) is 7. The number of sulfonamides is 1. The number of pyridine rings is 1. The third-order valence-corrected chi connectivity index (χ3v) is 8.32. The quantitative estimate of drug-likeness (QED) is 0.513. The van der Waals surface area contributed by atoms with Gasteiger partial charge in [0.25, 0.3) is 10.0 Å². The lowest BCUT2D eigenvalue weighted by Gasteiger charge is -2.20. The second-order valence-corrected chi connectivity index (χ2v) is 11.2. The minimum atomic E-state index is -3.79. The number of thioether (sulfide) groups is 1. The molecule has 0 bridgehead atoms. The molecular weight excluding hydrogens is 454 g/mol. The van der Waals surface area contributed by atoms with Gasteiger partial charge in [0.05, 0.1) is 16.9 Å².